The van der Waals surface area contributed by atoms with E-state index in [0.29, 0.717) is 5.56 Å². The van der Waals surface area contributed by atoms with E-state index in [9.17, 15) is 0 Å². The van der Waals surface area contributed by atoms with E-state index in [4.69, 9.17) is 5.26 Å². The molecule has 0 unspecified atom stereocenters. The molecule has 2 heterocycles. The average Bonchev–Trinajstić information content (AvgIpc) is 2.55. The molecule has 0 aliphatic rings. The lowest BCUT2D eigenvalue weighted by Gasteiger charge is -2.13. The van der Waals surface area contributed by atoms with Gasteiger partial charge in [0.15, 0.2) is 0 Å². The number of nitriles is 1. The molecule has 0 fully saturated rings. The van der Waals surface area contributed by atoms with E-state index in [1.807, 2.05) is 42.9 Å². The van der Waals surface area contributed by atoms with E-state index >= 15 is 0 Å². The first kappa shape index (κ1) is 9.53. The fourth-order valence-corrected chi connectivity index (χ4v) is 1.74. The van der Waals surface area contributed by atoms with Crippen LogP contribution in [0.5, 0.6) is 0 Å². The van der Waals surface area contributed by atoms with Gasteiger partial charge in [0.1, 0.15) is 11.7 Å². The Bertz CT molecular complexity index is 545. The van der Waals surface area contributed by atoms with Crippen molar-refractivity contribution in [3.63, 3.8) is 0 Å². The Morgan fingerprint density at radius 1 is 1.47 bits per heavy atom. The summed E-state index contributed by atoms with van der Waals surface area (Å²) in [5.41, 5.74) is 2.54. The molecule has 2 rings (SSSR count). The number of fused-ring (bicyclic) bond motifs is 1. The smallest absolute Gasteiger partial charge is 0.143 e. The quantitative estimate of drug-likeness (QED) is 0.701. The molecule has 0 atom stereocenters. The van der Waals surface area contributed by atoms with Crippen LogP contribution in [0.1, 0.15) is 5.56 Å². The Kier molecular flexibility index (Phi) is 2.09. The Hall–Kier alpha value is -2.02. The zero-order chi connectivity index (χ0) is 11.0. The second kappa shape index (κ2) is 3.28. The van der Waals surface area contributed by atoms with Crippen LogP contribution in [0.25, 0.3) is 11.0 Å². The Balaban J connectivity index is 2.90. The SMILES string of the molecule is CN(C)c1ccnc2c1c(C#N)cn2C. The molecule has 15 heavy (non-hydrogen) atoms. The zero-order valence-electron chi connectivity index (χ0n) is 9.02. The summed E-state index contributed by atoms with van der Waals surface area (Å²) in [7, 11) is 5.82. The fourth-order valence-electron chi connectivity index (χ4n) is 1.74. The third-order valence-electron chi connectivity index (χ3n) is 2.44. The normalized spacial score (nSPS) is 10.3. The molecular weight excluding hydrogens is 188 g/mol. The van der Waals surface area contributed by atoms with E-state index in [-0.39, 0.29) is 0 Å². The van der Waals surface area contributed by atoms with Crippen LogP contribution in [0.4, 0.5) is 5.69 Å². The van der Waals surface area contributed by atoms with Gasteiger partial charge in [-0.15, -0.1) is 0 Å². The van der Waals surface area contributed by atoms with Crippen LogP contribution >= 0.6 is 0 Å². The van der Waals surface area contributed by atoms with Gasteiger partial charge in [0.05, 0.1) is 16.6 Å². The van der Waals surface area contributed by atoms with Gasteiger partial charge in [0, 0.05) is 33.5 Å². The van der Waals surface area contributed by atoms with Crippen molar-refractivity contribution in [3.8, 4) is 6.07 Å². The Morgan fingerprint density at radius 3 is 2.80 bits per heavy atom. The molecule has 0 spiro atoms. The minimum Gasteiger partial charge on any atom is -0.377 e. The minimum absolute atomic E-state index is 0.671. The molecule has 0 N–H and O–H groups in total. The van der Waals surface area contributed by atoms with E-state index < -0.39 is 0 Å². The maximum absolute atomic E-state index is 9.05. The Morgan fingerprint density at radius 2 is 2.20 bits per heavy atom. The van der Waals surface area contributed by atoms with Crippen molar-refractivity contribution in [2.24, 2.45) is 7.05 Å². The molecule has 4 heteroatoms. The highest BCUT2D eigenvalue weighted by molar-refractivity contribution is 5.95. The van der Waals surface area contributed by atoms with Gasteiger partial charge in [-0.1, -0.05) is 0 Å². The van der Waals surface area contributed by atoms with Crippen molar-refractivity contribution in [2.45, 2.75) is 0 Å². The number of hydrogen-bond acceptors (Lipinski definition) is 3. The maximum Gasteiger partial charge on any atom is 0.143 e. The summed E-state index contributed by atoms with van der Waals surface area (Å²) in [4.78, 5) is 6.27. The number of anilines is 1. The van der Waals surface area contributed by atoms with Gasteiger partial charge < -0.3 is 9.47 Å². The van der Waals surface area contributed by atoms with Gasteiger partial charge in [-0.3, -0.25) is 0 Å². The minimum atomic E-state index is 0.671. The number of hydrogen-bond donors (Lipinski definition) is 0. The highest BCUT2D eigenvalue weighted by atomic mass is 15.1. The number of pyridine rings is 1. The third-order valence-corrected chi connectivity index (χ3v) is 2.44. The number of rotatable bonds is 1. The van der Waals surface area contributed by atoms with Crippen LogP contribution in [-0.4, -0.2) is 23.6 Å². The number of aromatic nitrogens is 2. The molecule has 0 bridgehead atoms. The van der Waals surface area contributed by atoms with Crippen molar-refractivity contribution >= 4 is 16.7 Å². The summed E-state index contributed by atoms with van der Waals surface area (Å²) in [6.45, 7) is 0. The summed E-state index contributed by atoms with van der Waals surface area (Å²) in [6, 6.07) is 4.12. The molecule has 0 aromatic carbocycles. The first-order chi connectivity index (χ1) is 7.15. The molecule has 0 aliphatic heterocycles. The lowest BCUT2D eigenvalue weighted by Crippen LogP contribution is -2.09. The average molecular weight is 200 g/mol. The molecule has 4 nitrogen and oxygen atoms in total. The highest BCUT2D eigenvalue weighted by Crippen LogP contribution is 2.27. The topological polar surface area (TPSA) is 44.9 Å². The number of aryl methyl sites for hydroxylation is 1. The molecule has 76 valence electrons. The third kappa shape index (κ3) is 1.33. The number of nitrogens with zero attached hydrogens (tertiary/aromatic N) is 4. The first-order valence-electron chi connectivity index (χ1n) is 4.66. The van der Waals surface area contributed by atoms with E-state index in [0.717, 1.165) is 16.7 Å². The van der Waals surface area contributed by atoms with Crippen LogP contribution < -0.4 is 4.90 Å². The lowest BCUT2D eigenvalue weighted by molar-refractivity contribution is 0.946. The largest absolute Gasteiger partial charge is 0.377 e. The molecule has 0 saturated heterocycles. The van der Waals surface area contributed by atoms with E-state index in [2.05, 4.69) is 11.1 Å². The van der Waals surface area contributed by atoms with Crippen LogP contribution in [-0.2, 0) is 7.05 Å². The summed E-state index contributed by atoms with van der Waals surface area (Å²) in [5, 5.41) is 9.97. The molecule has 0 aliphatic carbocycles. The molecule has 2 aromatic heterocycles. The fraction of sp³-hybridized carbons (Fsp3) is 0.273. The molecule has 0 amide bonds. The van der Waals surface area contributed by atoms with Crippen molar-refractivity contribution in [2.75, 3.05) is 19.0 Å². The van der Waals surface area contributed by atoms with Gasteiger partial charge in [-0.25, -0.2) is 4.98 Å². The van der Waals surface area contributed by atoms with Crippen LogP contribution in [0.2, 0.25) is 0 Å². The van der Waals surface area contributed by atoms with E-state index in [1.165, 1.54) is 0 Å². The van der Waals surface area contributed by atoms with Crippen molar-refractivity contribution < 1.29 is 0 Å². The first-order valence-corrected chi connectivity index (χ1v) is 4.66. The van der Waals surface area contributed by atoms with Gasteiger partial charge in [-0.05, 0) is 6.07 Å². The summed E-state index contributed by atoms with van der Waals surface area (Å²) < 4.78 is 1.88. The molecule has 2 aromatic rings. The second-order valence-corrected chi connectivity index (χ2v) is 3.69. The summed E-state index contributed by atoms with van der Waals surface area (Å²) >= 11 is 0. The van der Waals surface area contributed by atoms with Crippen LogP contribution in [0.15, 0.2) is 18.5 Å². The van der Waals surface area contributed by atoms with Gasteiger partial charge in [0.25, 0.3) is 0 Å². The summed E-state index contributed by atoms with van der Waals surface area (Å²) in [5.74, 6) is 0. The second-order valence-electron chi connectivity index (χ2n) is 3.69. The van der Waals surface area contributed by atoms with Gasteiger partial charge >= 0.3 is 0 Å². The van der Waals surface area contributed by atoms with Gasteiger partial charge in [-0.2, -0.15) is 5.26 Å². The summed E-state index contributed by atoms with van der Waals surface area (Å²) in [6.07, 6.45) is 3.57. The maximum atomic E-state index is 9.05. The molecular formula is C11H12N4. The predicted molar refractivity (Wildman–Crippen MR) is 59.8 cm³/mol. The Labute approximate surface area is 88.4 Å². The van der Waals surface area contributed by atoms with Crippen molar-refractivity contribution in [1.29, 1.82) is 5.26 Å². The lowest BCUT2D eigenvalue weighted by atomic mass is 10.2. The standard InChI is InChI=1S/C11H12N4/c1-14(2)9-4-5-13-11-10(9)8(6-12)7-15(11)3/h4-5,7H,1-3H3. The molecule has 0 saturated carbocycles. The van der Waals surface area contributed by atoms with Crippen molar-refractivity contribution in [3.05, 3.63) is 24.0 Å². The predicted octanol–water partition coefficient (Wildman–Crippen LogP) is 1.51. The van der Waals surface area contributed by atoms with Gasteiger partial charge in [0.2, 0.25) is 0 Å². The monoisotopic (exact) mass is 200 g/mol. The van der Waals surface area contributed by atoms with Crippen LogP contribution in [0.3, 0.4) is 0 Å². The van der Waals surface area contributed by atoms with Crippen LogP contribution in [0, 0.1) is 11.3 Å². The van der Waals surface area contributed by atoms with E-state index in [1.54, 1.807) is 6.20 Å². The molecule has 0 radical (unpaired) electrons. The zero-order valence-corrected chi connectivity index (χ0v) is 9.02. The van der Waals surface area contributed by atoms with Crippen molar-refractivity contribution in [1.82, 2.24) is 9.55 Å². The highest BCUT2D eigenvalue weighted by Gasteiger charge is 2.12.